The quantitative estimate of drug-likeness (QED) is 0.310. The maximum Gasteiger partial charge on any atom is 0.191 e. The van der Waals surface area contributed by atoms with Crippen LogP contribution in [0.5, 0.6) is 0 Å². The zero-order valence-corrected chi connectivity index (χ0v) is 19.0. The SMILES string of the molecule is CCNC(=NCc1ccccc1Cn1cccn1)NCCN(CC)CC.I. The Kier molecular flexibility index (Phi) is 11.8. The fourth-order valence-electron chi connectivity index (χ4n) is 2.81. The second kappa shape index (κ2) is 13.5. The van der Waals surface area contributed by atoms with Crippen LogP contribution in [0.2, 0.25) is 0 Å². The Bertz CT molecular complexity index is 652. The lowest BCUT2D eigenvalue weighted by Gasteiger charge is -2.19. The van der Waals surface area contributed by atoms with E-state index < -0.39 is 0 Å². The van der Waals surface area contributed by atoms with Crippen molar-refractivity contribution in [3.05, 3.63) is 53.9 Å². The van der Waals surface area contributed by atoms with E-state index in [4.69, 9.17) is 4.99 Å². The standard InChI is InChI=1S/C20H32N6.HI/c1-4-21-20(22-13-15-25(5-2)6-3)23-16-18-10-7-8-11-19(18)17-26-14-9-12-24-26;/h7-12,14H,4-6,13,15-17H2,1-3H3,(H2,21,22,23);1H. The van der Waals surface area contributed by atoms with Gasteiger partial charge >= 0.3 is 0 Å². The van der Waals surface area contributed by atoms with Crippen molar-refractivity contribution in [3.8, 4) is 0 Å². The fourth-order valence-corrected chi connectivity index (χ4v) is 2.81. The van der Waals surface area contributed by atoms with Crippen molar-refractivity contribution in [2.75, 3.05) is 32.7 Å². The van der Waals surface area contributed by atoms with Crippen LogP contribution in [0.15, 0.2) is 47.7 Å². The maximum atomic E-state index is 4.77. The molecule has 6 nitrogen and oxygen atoms in total. The van der Waals surface area contributed by atoms with Crippen molar-refractivity contribution in [2.45, 2.75) is 33.9 Å². The lowest BCUT2D eigenvalue weighted by Crippen LogP contribution is -2.41. The summed E-state index contributed by atoms with van der Waals surface area (Å²) in [7, 11) is 0. The van der Waals surface area contributed by atoms with E-state index in [9.17, 15) is 0 Å². The Morgan fingerprint density at radius 1 is 1.07 bits per heavy atom. The highest BCUT2D eigenvalue weighted by Gasteiger charge is 2.04. The van der Waals surface area contributed by atoms with Crippen LogP contribution in [0.4, 0.5) is 0 Å². The topological polar surface area (TPSA) is 57.5 Å². The first-order valence-electron chi connectivity index (χ1n) is 9.55. The van der Waals surface area contributed by atoms with Gasteiger partial charge in [0.1, 0.15) is 0 Å². The molecule has 27 heavy (non-hydrogen) atoms. The molecule has 1 heterocycles. The van der Waals surface area contributed by atoms with Crippen LogP contribution in [0, 0.1) is 0 Å². The van der Waals surface area contributed by atoms with Crippen LogP contribution in [-0.2, 0) is 13.1 Å². The predicted molar refractivity (Wildman–Crippen MR) is 124 cm³/mol. The highest BCUT2D eigenvalue weighted by atomic mass is 127. The summed E-state index contributed by atoms with van der Waals surface area (Å²) in [5.74, 6) is 0.869. The molecule has 0 aliphatic rings. The minimum atomic E-state index is 0. The molecule has 0 aliphatic carbocycles. The molecular formula is C20H33IN6. The number of nitrogens with zero attached hydrogens (tertiary/aromatic N) is 4. The van der Waals surface area contributed by atoms with Crippen molar-refractivity contribution in [2.24, 2.45) is 4.99 Å². The van der Waals surface area contributed by atoms with Gasteiger partial charge in [0.2, 0.25) is 0 Å². The van der Waals surface area contributed by atoms with E-state index in [1.807, 2.05) is 23.1 Å². The lowest BCUT2D eigenvalue weighted by molar-refractivity contribution is 0.308. The maximum absolute atomic E-state index is 4.77. The smallest absolute Gasteiger partial charge is 0.191 e. The molecule has 0 saturated carbocycles. The van der Waals surface area contributed by atoms with E-state index in [1.54, 1.807) is 0 Å². The third-order valence-electron chi connectivity index (χ3n) is 4.38. The average Bonchev–Trinajstić information content (AvgIpc) is 3.17. The summed E-state index contributed by atoms with van der Waals surface area (Å²) >= 11 is 0. The minimum absolute atomic E-state index is 0. The Morgan fingerprint density at radius 3 is 2.44 bits per heavy atom. The summed E-state index contributed by atoms with van der Waals surface area (Å²) in [6.07, 6.45) is 3.79. The fraction of sp³-hybridized carbons (Fsp3) is 0.500. The number of hydrogen-bond donors (Lipinski definition) is 2. The molecule has 0 radical (unpaired) electrons. The van der Waals surface area contributed by atoms with Crippen LogP contribution >= 0.6 is 24.0 Å². The number of nitrogens with one attached hydrogen (secondary N) is 2. The normalized spacial score (nSPS) is 11.3. The monoisotopic (exact) mass is 484 g/mol. The van der Waals surface area contributed by atoms with Gasteiger partial charge in [0.15, 0.2) is 5.96 Å². The van der Waals surface area contributed by atoms with Gasteiger partial charge in [-0.3, -0.25) is 4.68 Å². The summed E-state index contributed by atoms with van der Waals surface area (Å²) in [5.41, 5.74) is 2.47. The second-order valence-electron chi connectivity index (χ2n) is 6.12. The second-order valence-corrected chi connectivity index (χ2v) is 6.12. The Balaban J connectivity index is 0.00000364. The number of rotatable bonds is 10. The summed E-state index contributed by atoms with van der Waals surface area (Å²) in [5, 5.41) is 11.1. The first-order valence-corrected chi connectivity index (χ1v) is 9.55. The third-order valence-corrected chi connectivity index (χ3v) is 4.38. The van der Waals surface area contributed by atoms with E-state index >= 15 is 0 Å². The molecule has 0 bridgehead atoms. The van der Waals surface area contributed by atoms with Gasteiger partial charge in [-0.05, 0) is 37.2 Å². The number of hydrogen-bond acceptors (Lipinski definition) is 3. The highest BCUT2D eigenvalue weighted by molar-refractivity contribution is 14.0. The van der Waals surface area contributed by atoms with Gasteiger partial charge in [0, 0.05) is 32.0 Å². The number of aliphatic imine (C=N–C) groups is 1. The molecule has 7 heteroatoms. The van der Waals surface area contributed by atoms with Crippen molar-refractivity contribution in [1.29, 1.82) is 0 Å². The van der Waals surface area contributed by atoms with Crippen LogP contribution in [-0.4, -0.2) is 53.4 Å². The van der Waals surface area contributed by atoms with Gasteiger partial charge in [-0.15, -0.1) is 24.0 Å². The number of guanidine groups is 1. The van der Waals surface area contributed by atoms with Crippen LogP contribution in [0.3, 0.4) is 0 Å². The first-order chi connectivity index (χ1) is 12.8. The molecular weight excluding hydrogens is 451 g/mol. The summed E-state index contributed by atoms with van der Waals surface area (Å²) < 4.78 is 1.94. The molecule has 0 atom stereocenters. The van der Waals surface area contributed by atoms with E-state index in [1.165, 1.54) is 11.1 Å². The molecule has 1 aromatic carbocycles. The van der Waals surface area contributed by atoms with Crippen molar-refractivity contribution in [1.82, 2.24) is 25.3 Å². The van der Waals surface area contributed by atoms with Gasteiger partial charge in [0.25, 0.3) is 0 Å². The Hall–Kier alpha value is -1.61. The number of benzene rings is 1. The molecule has 0 unspecified atom stereocenters. The van der Waals surface area contributed by atoms with E-state index in [2.05, 4.69) is 65.7 Å². The Morgan fingerprint density at radius 2 is 1.81 bits per heavy atom. The molecule has 0 saturated heterocycles. The molecule has 0 amide bonds. The van der Waals surface area contributed by atoms with E-state index in [-0.39, 0.29) is 24.0 Å². The zero-order chi connectivity index (χ0) is 18.6. The minimum Gasteiger partial charge on any atom is -0.357 e. The Labute approximate surface area is 180 Å². The molecule has 0 spiro atoms. The summed E-state index contributed by atoms with van der Waals surface area (Å²) in [4.78, 5) is 7.17. The van der Waals surface area contributed by atoms with Crippen molar-refractivity contribution >= 4 is 29.9 Å². The van der Waals surface area contributed by atoms with Gasteiger partial charge in [-0.25, -0.2) is 4.99 Å². The zero-order valence-electron chi connectivity index (χ0n) is 16.7. The van der Waals surface area contributed by atoms with Crippen molar-refractivity contribution < 1.29 is 0 Å². The largest absolute Gasteiger partial charge is 0.357 e. The van der Waals surface area contributed by atoms with Gasteiger partial charge < -0.3 is 15.5 Å². The predicted octanol–water partition coefficient (Wildman–Crippen LogP) is 2.95. The third kappa shape index (κ3) is 8.30. The highest BCUT2D eigenvalue weighted by Crippen LogP contribution is 2.11. The van der Waals surface area contributed by atoms with Gasteiger partial charge in [-0.2, -0.15) is 5.10 Å². The first kappa shape index (κ1) is 23.4. The number of aromatic nitrogens is 2. The van der Waals surface area contributed by atoms with Crippen LogP contribution in [0.25, 0.3) is 0 Å². The lowest BCUT2D eigenvalue weighted by atomic mass is 10.1. The van der Waals surface area contributed by atoms with Crippen LogP contribution < -0.4 is 10.6 Å². The molecule has 0 fully saturated rings. The van der Waals surface area contributed by atoms with E-state index in [0.29, 0.717) is 6.54 Å². The number of likely N-dealkylation sites (N-methyl/N-ethyl adjacent to an activating group) is 1. The molecule has 2 N–H and O–H groups in total. The summed E-state index contributed by atoms with van der Waals surface area (Å²) in [6, 6.07) is 10.4. The van der Waals surface area contributed by atoms with Gasteiger partial charge in [0.05, 0.1) is 13.1 Å². The van der Waals surface area contributed by atoms with E-state index in [0.717, 1.165) is 45.2 Å². The van der Waals surface area contributed by atoms with Crippen LogP contribution in [0.1, 0.15) is 31.9 Å². The molecule has 2 aromatic rings. The summed E-state index contributed by atoms with van der Waals surface area (Å²) in [6.45, 7) is 12.8. The molecule has 0 aliphatic heterocycles. The average molecular weight is 484 g/mol. The molecule has 150 valence electrons. The molecule has 2 rings (SSSR count). The van der Waals surface area contributed by atoms with Gasteiger partial charge in [-0.1, -0.05) is 38.1 Å². The number of halogens is 1. The molecule has 1 aromatic heterocycles. The van der Waals surface area contributed by atoms with Crippen molar-refractivity contribution in [3.63, 3.8) is 0 Å².